The van der Waals surface area contributed by atoms with Crippen molar-refractivity contribution in [3.8, 4) is 0 Å². The van der Waals surface area contributed by atoms with Crippen LogP contribution in [0.25, 0.3) is 0 Å². The fourth-order valence-electron chi connectivity index (χ4n) is 1.61. The highest BCUT2D eigenvalue weighted by atomic mass is 19.1. The molecule has 1 N–H and O–H groups in total. The molecule has 0 atom stereocenters. The lowest BCUT2D eigenvalue weighted by Gasteiger charge is -2.02. The molecule has 1 aromatic carbocycles. The van der Waals surface area contributed by atoms with E-state index in [1.165, 1.54) is 12.1 Å². The zero-order valence-electron chi connectivity index (χ0n) is 9.15. The van der Waals surface area contributed by atoms with Crippen molar-refractivity contribution in [3.05, 3.63) is 53.9 Å². The molecule has 16 heavy (non-hydrogen) atoms. The van der Waals surface area contributed by atoms with Crippen LogP contribution in [0.15, 0.2) is 36.8 Å². The van der Waals surface area contributed by atoms with Crippen LogP contribution in [0.2, 0.25) is 0 Å². The van der Waals surface area contributed by atoms with Gasteiger partial charge in [-0.3, -0.25) is 0 Å². The van der Waals surface area contributed by atoms with Crippen LogP contribution >= 0.6 is 0 Å². The lowest BCUT2D eigenvalue weighted by molar-refractivity contribution is 0.623. The maximum atomic E-state index is 13.0. The fourth-order valence-corrected chi connectivity index (χ4v) is 1.61. The first kappa shape index (κ1) is 10.8. The lowest BCUT2D eigenvalue weighted by atomic mass is 10.2. The third kappa shape index (κ3) is 2.67. The summed E-state index contributed by atoms with van der Waals surface area (Å²) < 4.78 is 14.9. The zero-order chi connectivity index (χ0) is 11.4. The summed E-state index contributed by atoms with van der Waals surface area (Å²) in [4.78, 5) is 4.23. The van der Waals surface area contributed by atoms with E-state index in [9.17, 15) is 4.39 Å². The lowest BCUT2D eigenvalue weighted by Crippen LogP contribution is -2.05. The Morgan fingerprint density at radius 1 is 1.44 bits per heavy atom. The Kier molecular flexibility index (Phi) is 3.31. The average molecular weight is 219 g/mol. The molecule has 1 aromatic heterocycles. The van der Waals surface area contributed by atoms with Gasteiger partial charge in [-0.25, -0.2) is 9.37 Å². The second-order valence-corrected chi connectivity index (χ2v) is 3.70. The van der Waals surface area contributed by atoms with Gasteiger partial charge in [-0.2, -0.15) is 0 Å². The number of aromatic nitrogens is 2. The van der Waals surface area contributed by atoms with Crippen molar-refractivity contribution >= 4 is 0 Å². The van der Waals surface area contributed by atoms with E-state index in [-0.39, 0.29) is 5.82 Å². The average Bonchev–Trinajstić information content (AvgIpc) is 2.66. The van der Waals surface area contributed by atoms with Crippen molar-refractivity contribution in [2.45, 2.75) is 13.1 Å². The molecular formula is C12H14FN3. The maximum absolute atomic E-state index is 13.0. The topological polar surface area (TPSA) is 29.9 Å². The molecule has 0 amide bonds. The third-order valence-electron chi connectivity index (χ3n) is 2.30. The predicted octanol–water partition coefficient (Wildman–Crippen LogP) is 1.79. The minimum Gasteiger partial charge on any atom is -0.333 e. The molecule has 0 aliphatic heterocycles. The molecule has 0 bridgehead atoms. The largest absolute Gasteiger partial charge is 0.333 e. The van der Waals surface area contributed by atoms with Gasteiger partial charge in [0.2, 0.25) is 0 Å². The molecule has 4 heteroatoms. The van der Waals surface area contributed by atoms with Crippen LogP contribution in [-0.2, 0) is 13.1 Å². The quantitative estimate of drug-likeness (QED) is 0.849. The van der Waals surface area contributed by atoms with Crippen molar-refractivity contribution in [2.75, 3.05) is 7.05 Å². The Balaban J connectivity index is 2.08. The normalized spacial score (nSPS) is 10.6. The molecule has 0 spiro atoms. The number of nitrogens with one attached hydrogen (secondary N) is 1. The summed E-state index contributed by atoms with van der Waals surface area (Å²) >= 11 is 0. The second-order valence-electron chi connectivity index (χ2n) is 3.70. The number of hydrogen-bond acceptors (Lipinski definition) is 2. The summed E-state index contributed by atoms with van der Waals surface area (Å²) in [6, 6.07) is 6.61. The van der Waals surface area contributed by atoms with E-state index in [0.717, 1.165) is 17.8 Å². The van der Waals surface area contributed by atoms with Crippen LogP contribution < -0.4 is 5.32 Å². The molecule has 0 aliphatic carbocycles. The first-order valence-electron chi connectivity index (χ1n) is 5.17. The fraction of sp³-hybridized carbons (Fsp3) is 0.250. The van der Waals surface area contributed by atoms with Crippen LogP contribution in [0.5, 0.6) is 0 Å². The summed E-state index contributed by atoms with van der Waals surface area (Å²) in [5.74, 6) is -0.201. The predicted molar refractivity (Wildman–Crippen MR) is 60.5 cm³/mol. The molecule has 1 heterocycles. The van der Waals surface area contributed by atoms with Gasteiger partial charge in [-0.15, -0.1) is 0 Å². The summed E-state index contributed by atoms with van der Waals surface area (Å²) in [5.41, 5.74) is 1.92. The molecule has 0 unspecified atom stereocenters. The molecule has 3 nitrogen and oxygen atoms in total. The molecule has 2 rings (SSSR count). The van der Waals surface area contributed by atoms with Crippen LogP contribution in [0, 0.1) is 5.82 Å². The minimum absolute atomic E-state index is 0.201. The highest BCUT2D eigenvalue weighted by Crippen LogP contribution is 2.06. The Bertz CT molecular complexity index is 465. The summed E-state index contributed by atoms with van der Waals surface area (Å²) in [7, 11) is 1.88. The monoisotopic (exact) mass is 219 g/mol. The number of nitrogens with zero attached hydrogens (tertiary/aromatic N) is 2. The maximum Gasteiger partial charge on any atom is 0.123 e. The van der Waals surface area contributed by atoms with E-state index in [2.05, 4.69) is 10.3 Å². The summed E-state index contributed by atoms with van der Waals surface area (Å²) in [5, 5.41) is 3.03. The summed E-state index contributed by atoms with van der Waals surface area (Å²) in [6.45, 7) is 1.39. The van der Waals surface area contributed by atoms with Gasteiger partial charge in [0.25, 0.3) is 0 Å². The van der Waals surface area contributed by atoms with Gasteiger partial charge in [0.15, 0.2) is 0 Å². The molecule has 0 saturated heterocycles. The van der Waals surface area contributed by atoms with E-state index in [0.29, 0.717) is 6.54 Å². The van der Waals surface area contributed by atoms with E-state index < -0.39 is 0 Å². The number of benzene rings is 1. The van der Waals surface area contributed by atoms with Crippen LogP contribution in [0.3, 0.4) is 0 Å². The third-order valence-corrected chi connectivity index (χ3v) is 2.30. The van der Waals surface area contributed by atoms with Gasteiger partial charge in [0.05, 0.1) is 12.0 Å². The Hall–Kier alpha value is -1.68. The molecule has 0 fully saturated rings. The summed E-state index contributed by atoms with van der Waals surface area (Å²) in [6.07, 6.45) is 3.72. The van der Waals surface area contributed by atoms with E-state index in [1.54, 1.807) is 12.4 Å². The van der Waals surface area contributed by atoms with Gasteiger partial charge < -0.3 is 9.88 Å². The van der Waals surface area contributed by atoms with Crippen LogP contribution in [-0.4, -0.2) is 16.6 Å². The standard InChI is InChI=1S/C12H14FN3/c1-14-6-12-8-16(9-15-12)7-10-3-2-4-11(13)5-10/h2-5,8-9,14H,6-7H2,1H3. The smallest absolute Gasteiger partial charge is 0.123 e. The Morgan fingerprint density at radius 2 is 2.31 bits per heavy atom. The van der Waals surface area contributed by atoms with E-state index >= 15 is 0 Å². The van der Waals surface area contributed by atoms with Gasteiger partial charge in [-0.05, 0) is 24.7 Å². The van der Waals surface area contributed by atoms with E-state index in [4.69, 9.17) is 0 Å². The Morgan fingerprint density at radius 3 is 3.06 bits per heavy atom. The van der Waals surface area contributed by atoms with Crippen molar-refractivity contribution in [1.82, 2.24) is 14.9 Å². The van der Waals surface area contributed by atoms with Gasteiger partial charge in [0.1, 0.15) is 5.82 Å². The Labute approximate surface area is 93.9 Å². The van der Waals surface area contributed by atoms with Gasteiger partial charge >= 0.3 is 0 Å². The zero-order valence-corrected chi connectivity index (χ0v) is 9.15. The highest BCUT2D eigenvalue weighted by Gasteiger charge is 1.99. The number of halogens is 1. The van der Waals surface area contributed by atoms with E-state index in [1.807, 2.05) is 23.9 Å². The van der Waals surface area contributed by atoms with Crippen LogP contribution in [0.4, 0.5) is 4.39 Å². The van der Waals surface area contributed by atoms with Crippen LogP contribution in [0.1, 0.15) is 11.3 Å². The highest BCUT2D eigenvalue weighted by molar-refractivity contribution is 5.17. The molecule has 0 radical (unpaired) electrons. The minimum atomic E-state index is -0.201. The molecule has 0 aliphatic rings. The molecule has 2 aromatic rings. The first-order valence-corrected chi connectivity index (χ1v) is 5.17. The number of hydrogen-bond donors (Lipinski definition) is 1. The molecular weight excluding hydrogens is 205 g/mol. The van der Waals surface area contributed by atoms with Gasteiger partial charge in [0, 0.05) is 19.3 Å². The van der Waals surface area contributed by atoms with Crippen molar-refractivity contribution in [2.24, 2.45) is 0 Å². The number of rotatable bonds is 4. The number of imidazole rings is 1. The van der Waals surface area contributed by atoms with Crippen molar-refractivity contribution in [1.29, 1.82) is 0 Å². The molecule has 0 saturated carbocycles. The SMILES string of the molecule is CNCc1cn(Cc2cccc(F)c2)cn1. The first-order chi connectivity index (χ1) is 7.78. The van der Waals surface area contributed by atoms with Crippen molar-refractivity contribution < 1.29 is 4.39 Å². The van der Waals surface area contributed by atoms with Gasteiger partial charge in [-0.1, -0.05) is 12.1 Å². The second kappa shape index (κ2) is 4.90. The molecule has 84 valence electrons. The van der Waals surface area contributed by atoms with Crippen molar-refractivity contribution in [3.63, 3.8) is 0 Å².